The average molecular weight is 920 g/mol. The Hall–Kier alpha value is -7.55. The molecule has 19 nitrogen and oxygen atoms in total. The highest BCUT2D eigenvalue weighted by Crippen LogP contribution is 2.44. The monoisotopic (exact) mass is 919 g/mol. The molecule has 1 fully saturated rings. The van der Waals surface area contributed by atoms with Crippen LogP contribution in [0.1, 0.15) is 50.6 Å². The fraction of sp³-hybridized carbons (Fsp3) is 0.261. The Balaban J connectivity index is 1.34. The molecule has 0 saturated carbocycles. The van der Waals surface area contributed by atoms with Crippen LogP contribution in [0.2, 0.25) is 0 Å². The van der Waals surface area contributed by atoms with E-state index in [0.29, 0.717) is 0 Å². The number of amides is 2. The molecular formula is C46H41N5O14S. The fourth-order valence-corrected chi connectivity index (χ4v) is 9.39. The molecule has 2 aliphatic heterocycles. The Morgan fingerprint density at radius 1 is 0.652 bits per heavy atom. The van der Waals surface area contributed by atoms with Crippen LogP contribution in [0.15, 0.2) is 115 Å². The minimum atomic E-state index is -4.32. The minimum absolute atomic E-state index is 0.0242. The topological polar surface area (TPSA) is 231 Å². The molecule has 0 aliphatic carbocycles. The van der Waals surface area contributed by atoms with Gasteiger partial charge in [-0.25, -0.2) is 27.3 Å². The summed E-state index contributed by atoms with van der Waals surface area (Å²) in [6.45, 7) is 3.45. The van der Waals surface area contributed by atoms with E-state index in [2.05, 4.69) is 9.97 Å². The van der Waals surface area contributed by atoms with Gasteiger partial charge >= 0.3 is 23.9 Å². The molecular weight excluding hydrogens is 879 g/mol. The van der Waals surface area contributed by atoms with Gasteiger partial charge in [-0.15, -0.1) is 0 Å². The van der Waals surface area contributed by atoms with Crippen molar-refractivity contribution in [1.29, 1.82) is 0 Å². The van der Waals surface area contributed by atoms with Gasteiger partial charge in [-0.2, -0.15) is 0 Å². The normalized spacial score (nSPS) is 19.9. The number of fused-ring (bicyclic) bond motifs is 2. The molecule has 4 aromatic heterocycles. The maximum atomic E-state index is 15.0. The van der Waals surface area contributed by atoms with Crippen LogP contribution in [0.3, 0.4) is 0 Å². The molecule has 2 aromatic carbocycles. The lowest BCUT2D eigenvalue weighted by atomic mass is 9.96. The molecule has 8 rings (SSSR count). The summed E-state index contributed by atoms with van der Waals surface area (Å²) in [7, 11) is -4.32. The van der Waals surface area contributed by atoms with Crippen LogP contribution in [0, 0.1) is 0 Å². The van der Waals surface area contributed by atoms with Crippen LogP contribution in [-0.2, 0) is 73.8 Å². The third-order valence-electron chi connectivity index (χ3n) is 10.7. The summed E-state index contributed by atoms with van der Waals surface area (Å²) in [6.07, 6.45) is -1.93. The second kappa shape index (κ2) is 18.5. The number of esters is 4. The van der Waals surface area contributed by atoms with E-state index in [1.54, 1.807) is 42.5 Å². The maximum Gasteiger partial charge on any atom is 0.303 e. The van der Waals surface area contributed by atoms with E-state index in [4.69, 9.17) is 28.4 Å². The molecule has 0 bridgehead atoms. The Morgan fingerprint density at radius 3 is 1.80 bits per heavy atom. The molecule has 20 heteroatoms. The molecule has 66 heavy (non-hydrogen) atoms. The molecule has 2 amide bonds. The number of pyridine rings is 2. The fourth-order valence-electron chi connectivity index (χ4n) is 8.05. The molecule has 0 spiro atoms. The van der Waals surface area contributed by atoms with E-state index in [9.17, 15) is 32.4 Å². The number of carbonyl (C=O) groups excluding carboxylic acids is 6. The first-order valence-electron chi connectivity index (χ1n) is 20.4. The van der Waals surface area contributed by atoms with Gasteiger partial charge in [0.1, 0.15) is 25.1 Å². The summed E-state index contributed by atoms with van der Waals surface area (Å²) in [4.78, 5) is 89.7. The van der Waals surface area contributed by atoms with Gasteiger partial charge in [-0.05, 0) is 42.0 Å². The predicted molar refractivity (Wildman–Crippen MR) is 230 cm³/mol. The molecule has 0 radical (unpaired) electrons. The molecule has 1 unspecified atom stereocenters. The lowest BCUT2D eigenvalue weighted by molar-refractivity contribution is -0.267. The van der Waals surface area contributed by atoms with Crippen molar-refractivity contribution in [3.63, 3.8) is 0 Å². The number of hydrogen-bond donors (Lipinski definition) is 0. The second-order valence-corrected chi connectivity index (χ2v) is 17.0. The zero-order chi connectivity index (χ0) is 46.9. The Kier molecular flexibility index (Phi) is 12.6. The summed E-state index contributed by atoms with van der Waals surface area (Å²) in [5, 5.41) is 0.490. The highest BCUT2D eigenvalue weighted by molar-refractivity contribution is 7.90. The van der Waals surface area contributed by atoms with Crippen molar-refractivity contribution in [3.05, 3.63) is 126 Å². The van der Waals surface area contributed by atoms with E-state index < -0.39 is 89.7 Å². The molecule has 2 aliphatic rings. The van der Waals surface area contributed by atoms with Crippen LogP contribution >= 0.6 is 0 Å². The third kappa shape index (κ3) is 8.67. The largest absolute Gasteiger partial charge is 0.463 e. The van der Waals surface area contributed by atoms with Crippen LogP contribution in [0.25, 0.3) is 33.2 Å². The molecule has 6 heterocycles. The highest BCUT2D eigenvalue weighted by Gasteiger charge is 2.53. The number of aromatic nitrogens is 4. The quantitative estimate of drug-likeness (QED) is 0.0841. The van der Waals surface area contributed by atoms with Crippen LogP contribution < -0.4 is 0 Å². The van der Waals surface area contributed by atoms with Gasteiger partial charge in [0.05, 0.1) is 22.6 Å². The van der Waals surface area contributed by atoms with Gasteiger partial charge in [0, 0.05) is 74.4 Å². The first-order chi connectivity index (χ1) is 31.6. The van der Waals surface area contributed by atoms with Gasteiger partial charge in [-0.1, -0.05) is 48.5 Å². The van der Waals surface area contributed by atoms with Gasteiger partial charge in [0.15, 0.2) is 30.2 Å². The van der Waals surface area contributed by atoms with E-state index >= 15 is 4.79 Å². The van der Waals surface area contributed by atoms with Crippen molar-refractivity contribution < 1.29 is 65.6 Å². The average Bonchev–Trinajstić information content (AvgIpc) is 3.94. The van der Waals surface area contributed by atoms with Gasteiger partial charge in [-0.3, -0.25) is 28.8 Å². The number of imide groups is 1. The number of nitrogens with zero attached hydrogens (tertiary/aromatic N) is 5. The van der Waals surface area contributed by atoms with E-state index in [-0.39, 0.29) is 55.8 Å². The molecule has 0 N–H and O–H groups in total. The van der Waals surface area contributed by atoms with Crippen molar-refractivity contribution in [2.75, 3.05) is 13.3 Å². The van der Waals surface area contributed by atoms with E-state index in [1.807, 2.05) is 30.3 Å². The van der Waals surface area contributed by atoms with Gasteiger partial charge in [0.25, 0.3) is 21.8 Å². The zero-order valence-corrected chi connectivity index (χ0v) is 36.6. The summed E-state index contributed by atoms with van der Waals surface area (Å²) in [5.41, 5.74) is 0.607. The SMILES string of the molecule is CC(=O)OC[C@H]1OC(n2cc(C3=C(c4cn(S(=O)(=O)c5ccccc5)c5ncccc45)C(=O)N(COCc4ccccc4)C3=O)c3cccnc32)[C@H](OC(C)=O)[C@@H](OC(C)=O)[C@@H]1OC(C)=O. The standard InChI is InChI=1S/C46H41N5O14S/c1-26(52)61-24-36-39(62-27(2)53)40(63-28(3)54)41(64-29(4)55)46(65-36)49-21-34(32-17-11-19-47-42(32)49)37-38(45(57)50(44(37)56)25-60-23-30-13-7-5-8-14-30)35-22-51(43-33(35)18-12-20-48-43)66(58,59)31-15-9-6-10-16-31/h5-22,36,39-41,46H,23-25H2,1-4H3/t36-,39-,40+,41-,46?/m1/s1. The predicted octanol–water partition coefficient (Wildman–Crippen LogP) is 4.33. The smallest absolute Gasteiger partial charge is 0.303 e. The molecule has 340 valence electrons. The number of benzene rings is 2. The van der Waals surface area contributed by atoms with E-state index in [0.717, 1.165) is 42.1 Å². The molecule has 5 atom stereocenters. The van der Waals surface area contributed by atoms with Crippen molar-refractivity contribution in [2.45, 2.75) is 69.8 Å². The Morgan fingerprint density at radius 2 is 1.20 bits per heavy atom. The van der Waals surface area contributed by atoms with Crippen LogP contribution in [-0.4, -0.2) is 105 Å². The Labute approximate surface area is 376 Å². The van der Waals surface area contributed by atoms with E-state index in [1.165, 1.54) is 41.5 Å². The second-order valence-electron chi connectivity index (χ2n) is 15.2. The van der Waals surface area contributed by atoms with Crippen molar-refractivity contribution >= 4 is 78.9 Å². The number of rotatable bonds is 14. The van der Waals surface area contributed by atoms with Crippen molar-refractivity contribution in [2.24, 2.45) is 0 Å². The van der Waals surface area contributed by atoms with Gasteiger partial charge in [0.2, 0.25) is 0 Å². The number of hydrogen-bond acceptors (Lipinski definition) is 16. The summed E-state index contributed by atoms with van der Waals surface area (Å²) >= 11 is 0. The van der Waals surface area contributed by atoms with Gasteiger partial charge < -0.3 is 33.0 Å². The third-order valence-corrected chi connectivity index (χ3v) is 12.4. The lowest BCUT2D eigenvalue weighted by Crippen LogP contribution is -2.60. The lowest BCUT2D eigenvalue weighted by Gasteiger charge is -2.44. The summed E-state index contributed by atoms with van der Waals surface area (Å²) < 4.78 is 65.5. The summed E-state index contributed by atoms with van der Waals surface area (Å²) in [5.74, 6) is -4.87. The highest BCUT2D eigenvalue weighted by atomic mass is 32.2. The van der Waals surface area contributed by atoms with Crippen molar-refractivity contribution in [3.8, 4) is 0 Å². The molecule has 1 saturated heterocycles. The Bertz CT molecular complexity index is 3040. The first-order valence-corrected chi connectivity index (χ1v) is 21.8. The zero-order valence-electron chi connectivity index (χ0n) is 35.8. The van der Waals surface area contributed by atoms with Crippen molar-refractivity contribution in [1.82, 2.24) is 23.4 Å². The maximum absolute atomic E-state index is 15.0. The first kappa shape index (κ1) is 45.0. The number of ether oxygens (including phenoxy) is 6. The van der Waals surface area contributed by atoms with Crippen LogP contribution in [0.4, 0.5) is 0 Å². The minimum Gasteiger partial charge on any atom is -0.463 e. The molecule has 6 aromatic rings. The van der Waals surface area contributed by atoms with Crippen LogP contribution in [0.5, 0.6) is 0 Å². The summed E-state index contributed by atoms with van der Waals surface area (Å²) in [6, 6.07) is 23.0. The number of carbonyl (C=O) groups is 6.